The van der Waals surface area contributed by atoms with Crippen molar-refractivity contribution in [2.24, 2.45) is 0 Å². The number of carbonyl (C=O) groups excluding carboxylic acids is 1. The van der Waals surface area contributed by atoms with E-state index in [-0.39, 0.29) is 21.1 Å². The molecule has 1 atom stereocenters. The van der Waals surface area contributed by atoms with E-state index in [4.69, 9.17) is 11.6 Å². The summed E-state index contributed by atoms with van der Waals surface area (Å²) in [7, 11) is 0. The quantitative estimate of drug-likeness (QED) is 0.513. The lowest BCUT2D eigenvalue weighted by Gasteiger charge is -2.29. The molecule has 0 aromatic heterocycles. The number of benzene rings is 1. The number of rotatable bonds is 4. The summed E-state index contributed by atoms with van der Waals surface area (Å²) in [6.45, 7) is 5.54. The minimum Gasteiger partial charge on any atom is -0.346 e. The second kappa shape index (κ2) is 5.88. The van der Waals surface area contributed by atoms with Gasteiger partial charge in [-0.2, -0.15) is 0 Å². The van der Waals surface area contributed by atoms with Crippen LogP contribution in [0.25, 0.3) is 0 Å². The van der Waals surface area contributed by atoms with Crippen LogP contribution < -0.4 is 5.32 Å². The lowest BCUT2D eigenvalue weighted by Crippen LogP contribution is -2.48. The summed E-state index contributed by atoms with van der Waals surface area (Å²) in [6, 6.07) is 3.97. The Bertz CT molecular complexity index is 518. The molecule has 0 aliphatic heterocycles. The molecule has 0 heterocycles. The molecule has 19 heavy (non-hydrogen) atoms. The highest BCUT2D eigenvalue weighted by molar-refractivity contribution is 9.09. The van der Waals surface area contributed by atoms with Gasteiger partial charge in [0.25, 0.3) is 11.6 Å². The van der Waals surface area contributed by atoms with Crippen molar-refractivity contribution in [3.05, 3.63) is 38.9 Å². The van der Waals surface area contributed by atoms with Crippen LogP contribution in [0.1, 0.15) is 31.1 Å². The monoisotopic (exact) mass is 348 g/mol. The smallest absolute Gasteiger partial charge is 0.283 e. The molecule has 104 valence electrons. The van der Waals surface area contributed by atoms with Crippen LogP contribution in [0.4, 0.5) is 5.69 Å². The van der Waals surface area contributed by atoms with Crippen LogP contribution in [-0.4, -0.2) is 21.2 Å². The lowest BCUT2D eigenvalue weighted by atomic mass is 10.0. The highest BCUT2D eigenvalue weighted by Gasteiger charge is 2.29. The van der Waals surface area contributed by atoms with Crippen molar-refractivity contribution in [2.45, 2.75) is 31.1 Å². The van der Waals surface area contributed by atoms with E-state index in [0.717, 1.165) is 0 Å². The number of hydrogen-bond acceptors (Lipinski definition) is 3. The van der Waals surface area contributed by atoms with Gasteiger partial charge in [0.15, 0.2) is 0 Å². The zero-order chi connectivity index (χ0) is 14.8. The Balaban J connectivity index is 3.10. The second-order valence-corrected chi connectivity index (χ2v) is 6.52. The molecule has 0 fully saturated rings. The minimum absolute atomic E-state index is 0.00405. The predicted molar refractivity (Wildman–Crippen MR) is 78.0 cm³/mol. The first-order valence-electron chi connectivity index (χ1n) is 5.55. The van der Waals surface area contributed by atoms with E-state index in [1.54, 1.807) is 0 Å². The highest BCUT2D eigenvalue weighted by Crippen LogP contribution is 2.24. The van der Waals surface area contributed by atoms with E-state index < -0.39 is 16.4 Å². The SMILES string of the molecule is CC(Br)C(C)(C)NC(=O)c1ccc(Cl)cc1[N+](=O)[O-]. The molecule has 1 unspecified atom stereocenters. The first kappa shape index (κ1) is 15.9. The van der Waals surface area contributed by atoms with Crippen LogP contribution in [-0.2, 0) is 0 Å². The summed E-state index contributed by atoms with van der Waals surface area (Å²) in [6.07, 6.45) is 0. The van der Waals surface area contributed by atoms with Crippen molar-refractivity contribution in [3.63, 3.8) is 0 Å². The van der Waals surface area contributed by atoms with Gasteiger partial charge in [0.05, 0.1) is 4.92 Å². The van der Waals surface area contributed by atoms with Gasteiger partial charge in [-0.3, -0.25) is 14.9 Å². The molecule has 0 spiro atoms. The molecule has 0 aliphatic rings. The van der Waals surface area contributed by atoms with Crippen molar-refractivity contribution in [1.82, 2.24) is 5.32 Å². The van der Waals surface area contributed by atoms with Crippen LogP contribution in [0.15, 0.2) is 18.2 Å². The van der Waals surface area contributed by atoms with Crippen LogP contribution in [0.5, 0.6) is 0 Å². The Morgan fingerprint density at radius 1 is 1.53 bits per heavy atom. The van der Waals surface area contributed by atoms with Gasteiger partial charge in [-0.25, -0.2) is 0 Å². The van der Waals surface area contributed by atoms with E-state index in [2.05, 4.69) is 21.2 Å². The third-order valence-electron chi connectivity index (χ3n) is 2.83. The van der Waals surface area contributed by atoms with E-state index in [1.807, 2.05) is 20.8 Å². The summed E-state index contributed by atoms with van der Waals surface area (Å²) in [5, 5.41) is 13.9. The molecule has 0 saturated heterocycles. The number of halogens is 2. The summed E-state index contributed by atoms with van der Waals surface area (Å²) < 4.78 is 0. The topological polar surface area (TPSA) is 72.2 Å². The van der Waals surface area contributed by atoms with Gasteiger partial charge in [0, 0.05) is 21.5 Å². The molecule has 1 N–H and O–H groups in total. The second-order valence-electron chi connectivity index (χ2n) is 4.71. The van der Waals surface area contributed by atoms with E-state index in [0.29, 0.717) is 0 Å². The molecule has 1 amide bonds. The fourth-order valence-electron chi connectivity index (χ4n) is 1.31. The van der Waals surface area contributed by atoms with Crippen LogP contribution >= 0.6 is 27.5 Å². The largest absolute Gasteiger partial charge is 0.346 e. The molecule has 0 radical (unpaired) electrons. The molecular formula is C12H14BrClN2O3. The highest BCUT2D eigenvalue weighted by atomic mass is 79.9. The van der Waals surface area contributed by atoms with Gasteiger partial charge in [-0.05, 0) is 26.0 Å². The minimum atomic E-state index is -0.620. The van der Waals surface area contributed by atoms with Gasteiger partial charge >= 0.3 is 0 Å². The molecule has 7 heteroatoms. The maximum Gasteiger partial charge on any atom is 0.283 e. The first-order valence-corrected chi connectivity index (χ1v) is 6.85. The van der Waals surface area contributed by atoms with Gasteiger partial charge in [-0.1, -0.05) is 34.5 Å². The lowest BCUT2D eigenvalue weighted by molar-refractivity contribution is -0.385. The maximum absolute atomic E-state index is 12.1. The van der Waals surface area contributed by atoms with Gasteiger partial charge in [0.1, 0.15) is 5.56 Å². The number of hydrogen-bond donors (Lipinski definition) is 1. The third-order valence-corrected chi connectivity index (χ3v) is 4.21. The molecular weight excluding hydrogens is 336 g/mol. The van der Waals surface area contributed by atoms with Crippen molar-refractivity contribution in [1.29, 1.82) is 0 Å². The summed E-state index contributed by atoms with van der Waals surface area (Å²) in [5.41, 5.74) is -0.844. The van der Waals surface area contributed by atoms with Gasteiger partial charge in [-0.15, -0.1) is 0 Å². The maximum atomic E-state index is 12.1. The Morgan fingerprint density at radius 3 is 2.58 bits per heavy atom. The summed E-state index contributed by atoms with van der Waals surface area (Å²) >= 11 is 9.09. The Kier molecular flexibility index (Phi) is 4.92. The molecule has 5 nitrogen and oxygen atoms in total. The standard InChI is InChI=1S/C12H14BrClN2O3/c1-7(13)12(2,3)15-11(17)9-5-4-8(14)6-10(9)16(18)19/h4-7H,1-3H3,(H,15,17). The number of nitrogens with zero attached hydrogens (tertiary/aromatic N) is 1. The molecule has 1 aromatic rings. The van der Waals surface area contributed by atoms with Crippen LogP contribution in [0, 0.1) is 10.1 Å². The Morgan fingerprint density at radius 2 is 2.11 bits per heavy atom. The van der Waals surface area contributed by atoms with Crippen molar-refractivity contribution < 1.29 is 9.72 Å². The summed E-state index contributed by atoms with van der Waals surface area (Å²) in [4.78, 5) is 22.4. The normalized spacial score (nSPS) is 12.9. The fourth-order valence-corrected chi connectivity index (χ4v) is 1.59. The number of nitrogens with one attached hydrogen (secondary N) is 1. The zero-order valence-corrected chi connectivity index (χ0v) is 13.1. The average molecular weight is 350 g/mol. The van der Waals surface area contributed by atoms with Crippen molar-refractivity contribution >= 4 is 39.1 Å². The van der Waals surface area contributed by atoms with Gasteiger partial charge in [0.2, 0.25) is 0 Å². The number of alkyl halides is 1. The molecule has 1 rings (SSSR count). The molecule has 0 bridgehead atoms. The van der Waals surface area contributed by atoms with Crippen molar-refractivity contribution in [3.8, 4) is 0 Å². The first-order chi connectivity index (χ1) is 8.65. The fraction of sp³-hybridized carbons (Fsp3) is 0.417. The molecule has 0 aliphatic carbocycles. The van der Waals surface area contributed by atoms with Gasteiger partial charge < -0.3 is 5.32 Å². The molecule has 0 saturated carbocycles. The Hall–Kier alpha value is -1.14. The molecule has 1 aromatic carbocycles. The van der Waals surface area contributed by atoms with E-state index in [1.165, 1.54) is 18.2 Å². The predicted octanol–water partition coefficient (Wildman–Crippen LogP) is 3.54. The Labute approximate surface area is 124 Å². The number of nitro benzene ring substituents is 1. The summed E-state index contributed by atoms with van der Waals surface area (Å²) in [5.74, 6) is -0.500. The van der Waals surface area contributed by atoms with Crippen LogP contribution in [0.3, 0.4) is 0 Å². The third kappa shape index (κ3) is 3.91. The van der Waals surface area contributed by atoms with Crippen LogP contribution in [0.2, 0.25) is 5.02 Å². The zero-order valence-electron chi connectivity index (χ0n) is 10.7. The number of amides is 1. The average Bonchev–Trinajstić information content (AvgIpc) is 2.27. The van der Waals surface area contributed by atoms with E-state index in [9.17, 15) is 14.9 Å². The number of nitro groups is 1. The number of carbonyl (C=O) groups is 1. The van der Waals surface area contributed by atoms with E-state index >= 15 is 0 Å². The van der Waals surface area contributed by atoms with Crippen molar-refractivity contribution in [2.75, 3.05) is 0 Å².